The second-order valence-electron chi connectivity index (χ2n) is 6.56. The van der Waals surface area contributed by atoms with Crippen LogP contribution in [0.1, 0.15) is 29.1 Å². The van der Waals surface area contributed by atoms with E-state index >= 15 is 0 Å². The fourth-order valence-electron chi connectivity index (χ4n) is 3.47. The summed E-state index contributed by atoms with van der Waals surface area (Å²) in [7, 11) is 0. The summed E-state index contributed by atoms with van der Waals surface area (Å²) < 4.78 is 1.67. The Morgan fingerprint density at radius 1 is 1.27 bits per heavy atom. The Labute approximate surface area is 149 Å². The lowest BCUT2D eigenvalue weighted by Crippen LogP contribution is -2.14. The van der Waals surface area contributed by atoms with E-state index in [9.17, 15) is 9.59 Å². The van der Waals surface area contributed by atoms with E-state index in [-0.39, 0.29) is 12.0 Å². The third-order valence-corrected chi connectivity index (χ3v) is 4.63. The average molecular weight is 349 g/mol. The molecule has 0 radical (unpaired) electrons. The molecule has 0 atom stereocenters. The summed E-state index contributed by atoms with van der Waals surface area (Å²) in [5.41, 5.74) is 9.65. The third-order valence-electron chi connectivity index (χ3n) is 4.63. The number of hydrogen-bond acceptors (Lipinski definition) is 4. The molecule has 0 spiro atoms. The van der Waals surface area contributed by atoms with Crippen LogP contribution in [0.4, 0.5) is 0 Å². The number of rotatable bonds is 4. The van der Waals surface area contributed by atoms with E-state index in [1.54, 1.807) is 10.7 Å². The first-order valence-electron chi connectivity index (χ1n) is 8.58. The molecular weight excluding hydrogens is 330 g/mol. The molecule has 26 heavy (non-hydrogen) atoms. The zero-order valence-electron chi connectivity index (χ0n) is 14.5. The summed E-state index contributed by atoms with van der Waals surface area (Å²) in [6, 6.07) is 9.62. The minimum Gasteiger partial charge on any atom is -0.369 e. The molecule has 2 aromatic heterocycles. The molecule has 1 aromatic carbocycles. The normalized spacial score (nSPS) is 13.0. The van der Waals surface area contributed by atoms with E-state index < -0.39 is 5.91 Å². The second kappa shape index (κ2) is 6.25. The number of aromatic amines is 1. The number of pyridine rings is 1. The van der Waals surface area contributed by atoms with Gasteiger partial charge in [-0.1, -0.05) is 12.1 Å². The smallest absolute Gasteiger partial charge is 0.259 e. The number of nitrogens with one attached hydrogen (secondary N) is 1. The lowest BCUT2D eigenvalue weighted by molar-refractivity contribution is -0.117. The van der Waals surface area contributed by atoms with Gasteiger partial charge in [-0.2, -0.15) is 5.10 Å². The number of fused-ring (bicyclic) bond motifs is 1. The van der Waals surface area contributed by atoms with Gasteiger partial charge in [-0.25, -0.2) is 9.67 Å². The molecule has 3 N–H and O–H groups in total. The van der Waals surface area contributed by atoms with Gasteiger partial charge in [-0.3, -0.25) is 9.59 Å². The molecule has 1 amide bonds. The SMILES string of the molecule is Cc1ccc(-c2nc(CC(N)=O)nn2-c2cccc3c2CCC3)c(=O)[nH]1. The van der Waals surface area contributed by atoms with E-state index in [2.05, 4.69) is 21.1 Å². The summed E-state index contributed by atoms with van der Waals surface area (Å²) in [6.45, 7) is 1.82. The van der Waals surface area contributed by atoms with Crippen molar-refractivity contribution >= 4 is 5.91 Å². The maximum Gasteiger partial charge on any atom is 0.259 e. The Morgan fingerprint density at radius 2 is 2.12 bits per heavy atom. The Balaban J connectivity index is 1.94. The molecule has 3 aromatic rings. The van der Waals surface area contributed by atoms with Gasteiger partial charge < -0.3 is 10.7 Å². The third kappa shape index (κ3) is 2.81. The Kier molecular flexibility index (Phi) is 3.91. The summed E-state index contributed by atoms with van der Waals surface area (Å²) >= 11 is 0. The Bertz CT molecular complexity index is 1060. The number of aryl methyl sites for hydroxylation is 2. The molecule has 2 heterocycles. The molecule has 0 saturated carbocycles. The lowest BCUT2D eigenvalue weighted by Gasteiger charge is -2.10. The molecule has 7 heteroatoms. The molecule has 0 unspecified atom stereocenters. The lowest BCUT2D eigenvalue weighted by atomic mass is 10.1. The standard InChI is InChI=1S/C19H19N5O2/c1-11-8-9-14(19(26)21-11)18-22-17(10-16(20)25)23-24(18)15-7-3-5-12-4-2-6-13(12)15/h3,5,7-9H,2,4,6,10H2,1H3,(H2,20,25)(H,21,26). The van der Waals surface area contributed by atoms with Crippen LogP contribution in [0.2, 0.25) is 0 Å². The fraction of sp³-hybridized carbons (Fsp3) is 0.263. The van der Waals surface area contributed by atoms with Crippen LogP contribution >= 0.6 is 0 Å². The fourth-order valence-corrected chi connectivity index (χ4v) is 3.47. The van der Waals surface area contributed by atoms with Crippen molar-refractivity contribution in [1.29, 1.82) is 0 Å². The van der Waals surface area contributed by atoms with Gasteiger partial charge in [-0.05, 0) is 55.5 Å². The monoisotopic (exact) mass is 349 g/mol. The number of H-pyrrole nitrogens is 1. The maximum atomic E-state index is 12.5. The van der Waals surface area contributed by atoms with Crippen LogP contribution in [-0.4, -0.2) is 25.7 Å². The van der Waals surface area contributed by atoms with E-state index in [4.69, 9.17) is 5.73 Å². The van der Waals surface area contributed by atoms with E-state index in [0.717, 1.165) is 30.6 Å². The summed E-state index contributed by atoms with van der Waals surface area (Å²) in [6.07, 6.45) is 3.01. The second-order valence-corrected chi connectivity index (χ2v) is 6.56. The van der Waals surface area contributed by atoms with Crippen LogP contribution in [0.5, 0.6) is 0 Å². The van der Waals surface area contributed by atoms with Crippen molar-refractivity contribution in [3.63, 3.8) is 0 Å². The predicted molar refractivity (Wildman–Crippen MR) is 97.1 cm³/mol. The first-order chi connectivity index (χ1) is 12.5. The van der Waals surface area contributed by atoms with Crippen molar-refractivity contribution < 1.29 is 4.79 Å². The van der Waals surface area contributed by atoms with Crippen LogP contribution in [0.25, 0.3) is 17.1 Å². The van der Waals surface area contributed by atoms with Crippen molar-refractivity contribution in [3.05, 3.63) is 63.3 Å². The number of hydrogen-bond donors (Lipinski definition) is 2. The Hall–Kier alpha value is -3.22. The van der Waals surface area contributed by atoms with Gasteiger partial charge in [0.25, 0.3) is 5.56 Å². The van der Waals surface area contributed by atoms with Crippen LogP contribution in [0.3, 0.4) is 0 Å². The summed E-state index contributed by atoms with van der Waals surface area (Å²) in [4.78, 5) is 31.0. The largest absolute Gasteiger partial charge is 0.369 e. The number of carbonyl (C=O) groups is 1. The number of aromatic nitrogens is 4. The van der Waals surface area contributed by atoms with Crippen molar-refractivity contribution in [2.45, 2.75) is 32.6 Å². The number of nitrogens with two attached hydrogens (primary N) is 1. The molecule has 132 valence electrons. The van der Waals surface area contributed by atoms with Gasteiger partial charge in [0.05, 0.1) is 17.7 Å². The molecule has 0 fully saturated rings. The molecule has 7 nitrogen and oxygen atoms in total. The Morgan fingerprint density at radius 3 is 2.88 bits per heavy atom. The molecular formula is C19H19N5O2. The van der Waals surface area contributed by atoms with Gasteiger partial charge in [0.1, 0.15) is 0 Å². The maximum absolute atomic E-state index is 12.5. The van der Waals surface area contributed by atoms with Gasteiger partial charge in [-0.15, -0.1) is 0 Å². The van der Waals surface area contributed by atoms with Crippen molar-refractivity contribution in [2.24, 2.45) is 5.73 Å². The quantitative estimate of drug-likeness (QED) is 0.743. The minimum absolute atomic E-state index is 0.0706. The summed E-state index contributed by atoms with van der Waals surface area (Å²) in [5.74, 6) is 0.218. The number of primary amides is 1. The van der Waals surface area contributed by atoms with Crippen molar-refractivity contribution in [2.75, 3.05) is 0 Å². The van der Waals surface area contributed by atoms with Crippen LogP contribution < -0.4 is 11.3 Å². The zero-order chi connectivity index (χ0) is 18.3. The highest BCUT2D eigenvalue weighted by Gasteiger charge is 2.22. The summed E-state index contributed by atoms with van der Waals surface area (Å²) in [5, 5.41) is 4.49. The van der Waals surface area contributed by atoms with Gasteiger partial charge in [0, 0.05) is 5.69 Å². The highest BCUT2D eigenvalue weighted by atomic mass is 16.1. The van der Waals surface area contributed by atoms with E-state index in [1.165, 1.54) is 11.1 Å². The van der Waals surface area contributed by atoms with Crippen LogP contribution in [0.15, 0.2) is 35.1 Å². The molecule has 0 aliphatic heterocycles. The van der Waals surface area contributed by atoms with Gasteiger partial charge in [0.2, 0.25) is 5.91 Å². The van der Waals surface area contributed by atoms with E-state index in [1.807, 2.05) is 25.1 Å². The highest BCUT2D eigenvalue weighted by molar-refractivity contribution is 5.76. The number of nitrogens with zero attached hydrogens (tertiary/aromatic N) is 3. The number of amides is 1. The predicted octanol–water partition coefficient (Wildman–Crippen LogP) is 1.45. The molecule has 4 rings (SSSR count). The number of carbonyl (C=O) groups excluding carboxylic acids is 1. The molecule has 0 saturated heterocycles. The molecule has 1 aliphatic rings. The first kappa shape index (κ1) is 16.3. The average Bonchev–Trinajstić information content (AvgIpc) is 3.20. The molecule has 0 bridgehead atoms. The van der Waals surface area contributed by atoms with Crippen molar-refractivity contribution in [1.82, 2.24) is 19.7 Å². The van der Waals surface area contributed by atoms with Crippen molar-refractivity contribution in [3.8, 4) is 17.1 Å². The first-order valence-corrected chi connectivity index (χ1v) is 8.58. The highest BCUT2D eigenvalue weighted by Crippen LogP contribution is 2.29. The van der Waals surface area contributed by atoms with Crippen LogP contribution in [0, 0.1) is 6.92 Å². The number of benzene rings is 1. The zero-order valence-corrected chi connectivity index (χ0v) is 14.5. The molecule has 1 aliphatic carbocycles. The van der Waals surface area contributed by atoms with Gasteiger partial charge in [0.15, 0.2) is 11.6 Å². The van der Waals surface area contributed by atoms with Gasteiger partial charge >= 0.3 is 0 Å². The topological polar surface area (TPSA) is 107 Å². The van der Waals surface area contributed by atoms with E-state index in [0.29, 0.717) is 17.2 Å². The van der Waals surface area contributed by atoms with Crippen LogP contribution in [-0.2, 0) is 24.1 Å². The minimum atomic E-state index is -0.509.